The number of furan rings is 1. The summed E-state index contributed by atoms with van der Waals surface area (Å²) in [5.41, 5.74) is -7.11. The Hall–Kier alpha value is -3.47. The number of hydrogen-bond acceptors (Lipinski definition) is 10. The lowest BCUT2D eigenvalue weighted by molar-refractivity contribution is -0.221. The Balaban J connectivity index is 1.26. The number of likely N-dealkylation sites (N-methyl/N-ethyl adjacent to an activating group) is 1. The van der Waals surface area contributed by atoms with Gasteiger partial charge in [0, 0.05) is 48.8 Å². The molecule has 4 aliphatic carbocycles. The van der Waals surface area contributed by atoms with E-state index < -0.39 is 75.1 Å². The minimum atomic E-state index is -2.35. The smallest absolute Gasteiger partial charge is 0.410 e. The lowest BCUT2D eigenvalue weighted by atomic mass is 9.44. The number of ether oxygens (including phenoxy) is 2. The summed E-state index contributed by atoms with van der Waals surface area (Å²) < 4.78 is 50.4. The number of halogens is 2. The predicted octanol–water partition coefficient (Wildman–Crippen LogP) is 4.39. The zero-order chi connectivity index (χ0) is 35.4. The molecule has 1 aromatic heterocycles. The van der Waals surface area contributed by atoms with E-state index in [0.717, 1.165) is 30.9 Å². The third kappa shape index (κ3) is 5.54. The van der Waals surface area contributed by atoms with E-state index in [1.54, 1.807) is 18.7 Å². The lowest BCUT2D eigenvalue weighted by Gasteiger charge is -2.63. The van der Waals surface area contributed by atoms with Crippen molar-refractivity contribution in [3.8, 4) is 11.8 Å². The first-order valence-electron chi connectivity index (χ1n) is 16.7. The molecule has 13 heteroatoms. The van der Waals surface area contributed by atoms with Gasteiger partial charge in [-0.05, 0) is 69.0 Å². The first-order chi connectivity index (χ1) is 23.2. The summed E-state index contributed by atoms with van der Waals surface area (Å²) in [5.74, 6) is 1.73. The van der Waals surface area contributed by atoms with Gasteiger partial charge in [0.15, 0.2) is 23.7 Å². The molecule has 0 unspecified atom stereocenters. The van der Waals surface area contributed by atoms with Crippen LogP contribution in [0.1, 0.15) is 50.6 Å². The van der Waals surface area contributed by atoms with E-state index >= 15 is 8.78 Å². The highest BCUT2D eigenvalue weighted by molar-refractivity contribution is 8.14. The van der Waals surface area contributed by atoms with Crippen molar-refractivity contribution in [1.29, 1.82) is 0 Å². The van der Waals surface area contributed by atoms with Crippen LogP contribution in [0.25, 0.3) is 0 Å². The maximum Gasteiger partial charge on any atom is 0.410 e. The third-order valence-corrected chi connectivity index (χ3v) is 12.7. The Morgan fingerprint density at radius 1 is 1.14 bits per heavy atom. The molecule has 264 valence electrons. The van der Waals surface area contributed by atoms with E-state index in [4.69, 9.17) is 13.9 Å². The van der Waals surface area contributed by atoms with Crippen LogP contribution < -0.4 is 0 Å². The Bertz CT molecular complexity index is 1630. The fourth-order valence-electron chi connectivity index (χ4n) is 9.30. The number of piperazine rings is 1. The number of alkyl halides is 2. The standard InChI is InChI=1S/C36H42F2N2O8S/c1-22-18-24-25-20-27(37)26-19-23(41)9-10-33(26,2)35(25,38)29(42)21-34(24,3)36(22,48-30(43)28-8-7-16-46-28)31(44)49-17-6-5-15-47-32(45)40-13-11-39(4)12-14-40/h7-10,16,19,22,24-25,27,29,42H,11-15,17-18,20-21H2,1-4H3/t22-,24+,25+,27+,29+,33+,34+,35+,36+/m1/s1. The van der Waals surface area contributed by atoms with Crippen molar-refractivity contribution in [1.82, 2.24) is 9.80 Å². The second-order valence-electron chi connectivity index (χ2n) is 14.4. The molecule has 0 radical (unpaired) electrons. The van der Waals surface area contributed by atoms with Gasteiger partial charge < -0.3 is 28.8 Å². The zero-order valence-electron chi connectivity index (χ0n) is 28.1. The Morgan fingerprint density at radius 3 is 2.57 bits per heavy atom. The number of fused-ring (bicyclic) bond motifs is 5. The molecule has 5 aliphatic rings. The van der Waals surface area contributed by atoms with Gasteiger partial charge in [0.05, 0.1) is 18.1 Å². The molecule has 1 saturated heterocycles. The highest BCUT2D eigenvalue weighted by Crippen LogP contribution is 2.72. The first-order valence-corrected chi connectivity index (χ1v) is 17.6. The molecule has 0 aromatic carbocycles. The van der Waals surface area contributed by atoms with E-state index in [-0.39, 0.29) is 43.0 Å². The molecular weight excluding hydrogens is 658 g/mol. The second kappa shape index (κ2) is 13.0. The normalized spacial score (nSPS) is 38.3. The van der Waals surface area contributed by atoms with Crippen LogP contribution in [0, 0.1) is 40.4 Å². The highest BCUT2D eigenvalue weighted by atomic mass is 32.2. The van der Waals surface area contributed by atoms with Crippen molar-refractivity contribution in [2.45, 2.75) is 63.6 Å². The number of aliphatic hydroxyl groups is 1. The quantitative estimate of drug-likeness (QED) is 0.349. The first kappa shape index (κ1) is 35.4. The van der Waals surface area contributed by atoms with E-state index in [1.807, 2.05) is 7.05 Å². The number of aliphatic hydroxyl groups excluding tert-OH is 1. The maximum atomic E-state index is 17.7. The minimum absolute atomic E-state index is 0.00220. The van der Waals surface area contributed by atoms with Crippen LogP contribution in [0.4, 0.5) is 13.6 Å². The van der Waals surface area contributed by atoms with Crippen LogP contribution in [0.5, 0.6) is 0 Å². The molecule has 9 atom stereocenters. The average Bonchev–Trinajstić information content (AvgIpc) is 3.68. The van der Waals surface area contributed by atoms with Crippen LogP contribution in [-0.2, 0) is 19.1 Å². The van der Waals surface area contributed by atoms with Crippen LogP contribution >= 0.6 is 11.8 Å². The van der Waals surface area contributed by atoms with Gasteiger partial charge >= 0.3 is 12.1 Å². The number of hydrogen-bond donors (Lipinski definition) is 1. The van der Waals surface area contributed by atoms with Crippen LogP contribution in [0.3, 0.4) is 0 Å². The minimum Gasteiger partial charge on any atom is -0.457 e. The molecule has 1 amide bonds. The Kier molecular flexibility index (Phi) is 9.39. The molecular formula is C36H42F2N2O8S. The summed E-state index contributed by atoms with van der Waals surface area (Å²) in [4.78, 5) is 56.2. The van der Waals surface area contributed by atoms with E-state index in [2.05, 4.69) is 16.7 Å². The SMILES string of the molecule is C[C@@H]1C[C@H]2[C@@H]3C[C@H](F)C4=CC(=O)C=C[C@]4(C)[C@@]3(F)[C@@H](O)C[C@]2(C)[C@@]1(OC(=O)c1ccco1)C(=O)SCC#CCOC(=O)N1CCN(C)CC1. The second-order valence-corrected chi connectivity index (χ2v) is 15.3. The van der Waals surface area contributed by atoms with Crippen molar-refractivity contribution in [2.24, 2.45) is 28.6 Å². The molecule has 1 aromatic rings. The van der Waals surface area contributed by atoms with E-state index in [9.17, 15) is 24.3 Å². The average molecular weight is 701 g/mol. The van der Waals surface area contributed by atoms with Crippen molar-refractivity contribution < 1.29 is 47.0 Å². The zero-order valence-corrected chi connectivity index (χ0v) is 28.9. The monoisotopic (exact) mass is 700 g/mol. The van der Waals surface area contributed by atoms with Gasteiger partial charge in [0.1, 0.15) is 6.17 Å². The van der Waals surface area contributed by atoms with Gasteiger partial charge in [-0.15, -0.1) is 0 Å². The van der Waals surface area contributed by atoms with Gasteiger partial charge in [-0.2, -0.15) is 0 Å². The molecule has 4 fully saturated rings. The van der Waals surface area contributed by atoms with Gasteiger partial charge in [-0.25, -0.2) is 18.4 Å². The molecule has 6 rings (SSSR count). The summed E-state index contributed by atoms with van der Waals surface area (Å²) in [7, 11) is 1.98. The molecule has 49 heavy (non-hydrogen) atoms. The van der Waals surface area contributed by atoms with Gasteiger partial charge in [0.2, 0.25) is 10.9 Å². The number of carbonyl (C=O) groups excluding carboxylic acids is 4. The fourth-order valence-corrected chi connectivity index (χ4v) is 10.3. The molecule has 2 heterocycles. The molecule has 0 spiro atoms. The van der Waals surface area contributed by atoms with Gasteiger partial charge in [0.25, 0.3) is 0 Å². The summed E-state index contributed by atoms with van der Waals surface area (Å²) >= 11 is 0.821. The highest BCUT2D eigenvalue weighted by Gasteiger charge is 2.78. The number of thioether (sulfide) groups is 1. The summed E-state index contributed by atoms with van der Waals surface area (Å²) in [5, 5.41) is 11.3. The summed E-state index contributed by atoms with van der Waals surface area (Å²) in [6.45, 7) is 7.41. The largest absolute Gasteiger partial charge is 0.457 e. The molecule has 1 aliphatic heterocycles. The van der Waals surface area contributed by atoms with Crippen LogP contribution in [0.15, 0.2) is 46.6 Å². The van der Waals surface area contributed by atoms with Gasteiger partial charge in [-0.3, -0.25) is 9.59 Å². The van der Waals surface area contributed by atoms with E-state index in [0.29, 0.717) is 13.1 Å². The summed E-state index contributed by atoms with van der Waals surface area (Å²) in [6, 6.07) is 2.92. The molecule has 3 saturated carbocycles. The number of nitrogens with zero attached hydrogens (tertiary/aromatic N) is 2. The fraction of sp³-hybridized carbons (Fsp3) is 0.611. The van der Waals surface area contributed by atoms with Gasteiger partial charge in [-0.1, -0.05) is 43.5 Å². The number of esters is 1. The van der Waals surface area contributed by atoms with Crippen LogP contribution in [-0.4, -0.2) is 107 Å². The van der Waals surface area contributed by atoms with Crippen molar-refractivity contribution in [3.05, 3.63) is 48.0 Å². The third-order valence-electron chi connectivity index (χ3n) is 11.9. The number of ketones is 1. The van der Waals surface area contributed by atoms with Crippen molar-refractivity contribution in [3.63, 3.8) is 0 Å². The predicted molar refractivity (Wildman–Crippen MR) is 176 cm³/mol. The van der Waals surface area contributed by atoms with Crippen molar-refractivity contribution >= 4 is 34.7 Å². The number of amides is 1. The van der Waals surface area contributed by atoms with Crippen molar-refractivity contribution in [2.75, 3.05) is 45.6 Å². The lowest BCUT2D eigenvalue weighted by Crippen LogP contribution is -2.70. The number of rotatable bonds is 5. The molecule has 10 nitrogen and oxygen atoms in total. The Labute approximate surface area is 288 Å². The Morgan fingerprint density at radius 2 is 1.88 bits per heavy atom. The maximum absolute atomic E-state index is 17.7. The number of allylic oxidation sites excluding steroid dienone is 4. The van der Waals surface area contributed by atoms with Crippen LogP contribution in [0.2, 0.25) is 0 Å². The summed E-state index contributed by atoms with van der Waals surface area (Å²) in [6.07, 6.45) is 0.863. The van der Waals surface area contributed by atoms with E-state index in [1.165, 1.54) is 37.5 Å². The molecule has 0 bridgehead atoms. The molecule has 1 N–H and O–H groups in total. The number of carbonyl (C=O) groups is 4. The topological polar surface area (TPSA) is 127 Å².